The van der Waals surface area contributed by atoms with Gasteiger partial charge in [0.2, 0.25) is 5.96 Å². The van der Waals surface area contributed by atoms with Gasteiger partial charge in [-0.05, 0) is 5.92 Å². The number of aliphatic hydroxyl groups is 1. The lowest BCUT2D eigenvalue weighted by Crippen LogP contribution is -2.49. The zero-order valence-corrected chi connectivity index (χ0v) is 15.2. The Morgan fingerprint density at radius 1 is 1.54 bits per heavy atom. The van der Waals surface area contributed by atoms with E-state index in [1.807, 2.05) is 0 Å². The number of aliphatic imine (C=N–C) groups is 2. The molecule has 0 radical (unpaired) electrons. The van der Waals surface area contributed by atoms with Gasteiger partial charge in [0.25, 0.3) is 5.91 Å². The van der Waals surface area contributed by atoms with Gasteiger partial charge in [-0.1, -0.05) is 13.8 Å². The molecule has 0 spiro atoms. The minimum atomic E-state index is -0.813. The molecule has 0 aromatic carbocycles. The van der Waals surface area contributed by atoms with Crippen LogP contribution in [-0.2, 0) is 19.1 Å². The number of halogens is 1. The molecule has 146 valence electrons. The van der Waals surface area contributed by atoms with Crippen LogP contribution in [0.2, 0.25) is 0 Å². The number of nitrogens with two attached hydrogens (primary N) is 1. The maximum absolute atomic E-state index is 11.7. The van der Waals surface area contributed by atoms with Crippen LogP contribution in [0.5, 0.6) is 0 Å². The first-order valence-corrected chi connectivity index (χ1v) is 7.76. The number of ether oxygens (including phenoxy) is 2. The number of guanidine groups is 1. The maximum atomic E-state index is 11.7. The van der Waals surface area contributed by atoms with Crippen LogP contribution in [0, 0.1) is 11.3 Å². The summed E-state index contributed by atoms with van der Waals surface area (Å²) in [4.78, 5) is 32.8. The topological polar surface area (TPSA) is 163 Å². The molecule has 5 N–H and O–H groups in total. The smallest absolute Gasteiger partial charge is 0.323 e. The monoisotopic (exact) mass is 390 g/mol. The van der Waals surface area contributed by atoms with E-state index in [0.717, 1.165) is 0 Å². The van der Waals surface area contributed by atoms with E-state index in [1.165, 1.54) is 11.2 Å². The van der Waals surface area contributed by atoms with Gasteiger partial charge in [-0.25, -0.2) is 0 Å². The van der Waals surface area contributed by atoms with Gasteiger partial charge in [0, 0.05) is 0 Å². The molecule has 0 aromatic heterocycles. The molecular weight excluding hydrogens is 368 g/mol. The zero-order chi connectivity index (χ0) is 18.6. The van der Waals surface area contributed by atoms with Crippen LogP contribution in [0.25, 0.3) is 0 Å². The summed E-state index contributed by atoms with van der Waals surface area (Å²) in [7, 11) is 0. The summed E-state index contributed by atoms with van der Waals surface area (Å²) in [5, 5.41) is 19.1. The van der Waals surface area contributed by atoms with Gasteiger partial charge >= 0.3 is 5.97 Å². The molecule has 0 saturated heterocycles. The SMILES string of the molecule is CC(C)C(N)C(=O)OCC(CO)OCN1C=NC2C(=O)NC(=N)N=C21.Cl. The first-order chi connectivity index (χ1) is 11.8. The number of nitrogens with one attached hydrogen (secondary N) is 2. The van der Waals surface area contributed by atoms with E-state index in [0.29, 0.717) is 0 Å². The van der Waals surface area contributed by atoms with Crippen molar-refractivity contribution in [1.82, 2.24) is 10.2 Å². The third kappa shape index (κ3) is 5.21. The van der Waals surface area contributed by atoms with Gasteiger partial charge in [-0.2, -0.15) is 4.99 Å². The van der Waals surface area contributed by atoms with Crippen molar-refractivity contribution < 1.29 is 24.2 Å². The Kier molecular flexibility index (Phi) is 8.08. The molecule has 11 nitrogen and oxygen atoms in total. The lowest BCUT2D eigenvalue weighted by Gasteiger charge is -2.24. The first kappa shape index (κ1) is 22.0. The predicted octanol–water partition coefficient (Wildman–Crippen LogP) is -1.55. The number of carbonyl (C=O) groups excluding carboxylic acids is 2. The van der Waals surface area contributed by atoms with E-state index in [-0.39, 0.29) is 50.1 Å². The van der Waals surface area contributed by atoms with Gasteiger partial charge in [-0.15, -0.1) is 12.4 Å². The molecule has 2 rings (SSSR count). The Balaban J connectivity index is 0.00000338. The van der Waals surface area contributed by atoms with Crippen LogP contribution < -0.4 is 11.1 Å². The number of hydrogen-bond acceptors (Lipinski definition) is 9. The average molecular weight is 391 g/mol. The van der Waals surface area contributed by atoms with E-state index in [1.54, 1.807) is 13.8 Å². The molecule has 3 atom stereocenters. The molecule has 0 bridgehead atoms. The van der Waals surface area contributed by atoms with Crippen LogP contribution >= 0.6 is 12.4 Å². The van der Waals surface area contributed by atoms with Crippen molar-refractivity contribution in [3.63, 3.8) is 0 Å². The van der Waals surface area contributed by atoms with Crippen molar-refractivity contribution in [3.05, 3.63) is 0 Å². The van der Waals surface area contributed by atoms with Crippen LogP contribution in [0.15, 0.2) is 9.98 Å². The number of amidine groups is 1. The Morgan fingerprint density at radius 3 is 2.85 bits per heavy atom. The van der Waals surface area contributed by atoms with Crippen LogP contribution in [-0.4, -0.2) is 78.1 Å². The normalized spacial score (nSPS) is 20.9. The van der Waals surface area contributed by atoms with E-state index < -0.39 is 30.1 Å². The molecule has 0 aliphatic carbocycles. The molecule has 26 heavy (non-hydrogen) atoms. The van der Waals surface area contributed by atoms with E-state index >= 15 is 0 Å². The summed E-state index contributed by atoms with van der Waals surface area (Å²) >= 11 is 0. The Labute approximate surface area is 156 Å². The fraction of sp³-hybridized carbons (Fsp3) is 0.643. The second-order valence-electron chi connectivity index (χ2n) is 5.94. The first-order valence-electron chi connectivity index (χ1n) is 7.76. The third-order valence-corrected chi connectivity index (χ3v) is 3.67. The fourth-order valence-electron chi connectivity index (χ4n) is 2.05. The summed E-state index contributed by atoms with van der Waals surface area (Å²) in [6.07, 6.45) is 0.602. The fourth-order valence-corrected chi connectivity index (χ4v) is 2.05. The molecule has 2 aliphatic heterocycles. The van der Waals surface area contributed by atoms with Crippen molar-refractivity contribution in [1.29, 1.82) is 5.41 Å². The highest BCUT2D eigenvalue weighted by Gasteiger charge is 2.36. The lowest BCUT2D eigenvalue weighted by molar-refractivity contribution is -0.152. The van der Waals surface area contributed by atoms with Crippen LogP contribution in [0.3, 0.4) is 0 Å². The highest BCUT2D eigenvalue weighted by molar-refractivity contribution is 6.23. The maximum Gasteiger partial charge on any atom is 0.323 e. The summed E-state index contributed by atoms with van der Waals surface area (Å²) < 4.78 is 10.5. The number of aliphatic hydroxyl groups excluding tert-OH is 1. The highest BCUT2D eigenvalue weighted by Crippen LogP contribution is 2.12. The molecule has 3 unspecified atom stereocenters. The molecule has 0 aromatic rings. The molecule has 2 aliphatic rings. The standard InChI is InChI=1S/C14H22N6O5.ClH/c1-7(2)9(15)13(23)24-4-8(3-21)25-6-20-5-17-10-11(20)18-14(16)19-12(10)22;/h5,7-10,21H,3-4,6,15H2,1-2H3,(H2,16,19,22);1H. The van der Waals surface area contributed by atoms with Crippen molar-refractivity contribution in [2.75, 3.05) is 19.9 Å². The molecule has 0 fully saturated rings. The number of hydrogen-bond donors (Lipinski definition) is 4. The van der Waals surface area contributed by atoms with Crippen LogP contribution in [0.4, 0.5) is 0 Å². The summed E-state index contributed by atoms with van der Waals surface area (Å²) in [5.74, 6) is -1.08. The summed E-state index contributed by atoms with van der Waals surface area (Å²) in [6, 6.07) is -1.56. The number of amides is 1. The highest BCUT2D eigenvalue weighted by atomic mass is 35.5. The Bertz CT molecular complexity index is 611. The number of rotatable bonds is 8. The van der Waals surface area contributed by atoms with Gasteiger partial charge in [0.05, 0.1) is 12.9 Å². The van der Waals surface area contributed by atoms with Gasteiger partial charge in [-0.3, -0.25) is 30.2 Å². The average Bonchev–Trinajstić information content (AvgIpc) is 2.97. The van der Waals surface area contributed by atoms with Crippen LogP contribution in [0.1, 0.15) is 13.8 Å². The minimum Gasteiger partial charge on any atom is -0.462 e. The van der Waals surface area contributed by atoms with Gasteiger partial charge in [0.1, 0.15) is 31.3 Å². The Hall–Kier alpha value is -2.08. The minimum absolute atomic E-state index is 0. The molecular formula is C14H23ClN6O5. The second kappa shape index (κ2) is 9.57. The quantitative estimate of drug-likeness (QED) is 0.364. The Morgan fingerprint density at radius 2 is 2.23 bits per heavy atom. The number of fused-ring (bicyclic) bond motifs is 1. The molecule has 2 heterocycles. The predicted molar refractivity (Wildman–Crippen MR) is 95.3 cm³/mol. The lowest BCUT2D eigenvalue weighted by atomic mass is 10.1. The van der Waals surface area contributed by atoms with Gasteiger partial charge in [0.15, 0.2) is 6.04 Å². The van der Waals surface area contributed by atoms with Crippen molar-refractivity contribution >= 4 is 42.4 Å². The van der Waals surface area contributed by atoms with E-state index in [2.05, 4.69) is 15.3 Å². The van der Waals surface area contributed by atoms with Crippen molar-refractivity contribution in [2.24, 2.45) is 21.6 Å². The van der Waals surface area contributed by atoms with E-state index in [9.17, 15) is 14.7 Å². The largest absolute Gasteiger partial charge is 0.462 e. The third-order valence-electron chi connectivity index (χ3n) is 3.67. The number of nitrogens with zero attached hydrogens (tertiary/aromatic N) is 3. The summed E-state index contributed by atoms with van der Waals surface area (Å²) in [5.41, 5.74) is 5.68. The second-order valence-corrected chi connectivity index (χ2v) is 5.94. The van der Waals surface area contributed by atoms with Crippen molar-refractivity contribution in [3.8, 4) is 0 Å². The van der Waals surface area contributed by atoms with E-state index in [4.69, 9.17) is 20.6 Å². The summed E-state index contributed by atoms with van der Waals surface area (Å²) in [6.45, 7) is 2.99. The van der Waals surface area contributed by atoms with Gasteiger partial charge < -0.3 is 20.3 Å². The van der Waals surface area contributed by atoms with Crippen molar-refractivity contribution in [2.45, 2.75) is 32.0 Å². The molecule has 1 amide bonds. The number of carbonyl (C=O) groups is 2. The zero-order valence-electron chi connectivity index (χ0n) is 14.4. The number of esters is 1. The molecule has 12 heteroatoms. The molecule has 0 saturated carbocycles.